The van der Waals surface area contributed by atoms with Crippen LogP contribution in [-0.4, -0.2) is 27.2 Å². The third-order valence-electron chi connectivity index (χ3n) is 2.45. The summed E-state index contributed by atoms with van der Waals surface area (Å²) in [5, 5.41) is 0. The zero-order valence-corrected chi connectivity index (χ0v) is 13.2. The molecule has 0 aliphatic rings. The number of anilines is 2. The van der Waals surface area contributed by atoms with Gasteiger partial charge in [0.2, 0.25) is 0 Å². The van der Waals surface area contributed by atoms with Crippen LogP contribution >= 0.6 is 0 Å². The largest absolute Gasteiger partial charge is 0.446 e. The van der Waals surface area contributed by atoms with Crippen LogP contribution in [-0.2, 0) is 14.9 Å². The molecule has 0 spiro atoms. The molecule has 1 aromatic carbocycles. The molecule has 8 heteroatoms. The Bertz CT molecular complexity index is 570. The molecule has 0 aliphatic carbocycles. The Hall–Kier alpha value is -1.96. The van der Waals surface area contributed by atoms with Crippen LogP contribution in [0, 0.1) is 0 Å². The number of nitrogen functional groups attached to an aromatic ring is 1. The Labute approximate surface area is 125 Å². The first-order valence-corrected chi connectivity index (χ1v) is 8.07. The summed E-state index contributed by atoms with van der Waals surface area (Å²) in [6, 6.07) is 6.36. The zero-order valence-electron chi connectivity index (χ0n) is 12.4. The van der Waals surface area contributed by atoms with Crippen LogP contribution in [0.1, 0.15) is 27.2 Å². The van der Waals surface area contributed by atoms with Crippen molar-refractivity contribution in [2.24, 2.45) is 0 Å². The summed E-state index contributed by atoms with van der Waals surface area (Å²) in [6.45, 7) is 5.34. The molecule has 0 fully saturated rings. The number of carbonyl (C=O) groups excluding carboxylic acids is 1. The maximum atomic E-state index is 12.3. The Kier molecular flexibility index (Phi) is 5.83. The lowest BCUT2D eigenvalue weighted by molar-refractivity contribution is 0.121. The normalized spacial score (nSPS) is 11.2. The molecular formula is C13H21N3O4S. The second-order valence-corrected chi connectivity index (χ2v) is 6.32. The molecule has 0 aliphatic heterocycles. The molecule has 0 unspecified atom stereocenters. The number of rotatable bonds is 6. The number of nitrogens with two attached hydrogens (primary N) is 1. The number of nitrogens with zero attached hydrogens (tertiary/aromatic N) is 1. The average molecular weight is 315 g/mol. The standard InChI is InChI=1S/C13H21N3O4S/c1-4-9-16(12-7-5-11(14)6-8-12)21(18,19)15-13(17)20-10(2)3/h5-8,10H,4,9,14H2,1-3H3,(H,15,17). The Morgan fingerprint density at radius 3 is 2.38 bits per heavy atom. The van der Waals surface area contributed by atoms with E-state index in [2.05, 4.69) is 0 Å². The minimum Gasteiger partial charge on any atom is -0.446 e. The maximum absolute atomic E-state index is 12.3. The lowest BCUT2D eigenvalue weighted by Gasteiger charge is -2.24. The van der Waals surface area contributed by atoms with E-state index in [0.717, 1.165) is 4.31 Å². The van der Waals surface area contributed by atoms with Gasteiger partial charge in [-0.05, 0) is 44.5 Å². The molecule has 0 radical (unpaired) electrons. The van der Waals surface area contributed by atoms with Gasteiger partial charge in [-0.2, -0.15) is 8.42 Å². The third kappa shape index (κ3) is 5.14. The summed E-state index contributed by atoms with van der Waals surface area (Å²) < 4.78 is 32.4. The number of hydrogen-bond acceptors (Lipinski definition) is 5. The fourth-order valence-corrected chi connectivity index (χ4v) is 2.82. The van der Waals surface area contributed by atoms with Gasteiger partial charge in [-0.3, -0.25) is 4.31 Å². The van der Waals surface area contributed by atoms with E-state index >= 15 is 0 Å². The van der Waals surface area contributed by atoms with Gasteiger partial charge in [0, 0.05) is 12.2 Å². The van der Waals surface area contributed by atoms with Crippen LogP contribution < -0.4 is 14.8 Å². The molecule has 0 atom stereocenters. The van der Waals surface area contributed by atoms with Crippen molar-refractivity contribution in [2.45, 2.75) is 33.3 Å². The topological polar surface area (TPSA) is 102 Å². The first-order valence-electron chi connectivity index (χ1n) is 6.63. The minimum atomic E-state index is -4.03. The van der Waals surface area contributed by atoms with Gasteiger partial charge in [0.05, 0.1) is 11.8 Å². The van der Waals surface area contributed by atoms with E-state index < -0.39 is 22.4 Å². The summed E-state index contributed by atoms with van der Waals surface area (Å²) in [5.74, 6) is 0. The van der Waals surface area contributed by atoms with Crippen LogP contribution in [0.3, 0.4) is 0 Å². The highest BCUT2D eigenvalue weighted by Crippen LogP contribution is 2.19. The van der Waals surface area contributed by atoms with E-state index in [0.29, 0.717) is 17.8 Å². The molecule has 0 saturated carbocycles. The summed E-state index contributed by atoms with van der Waals surface area (Å²) in [5.41, 5.74) is 6.54. The molecule has 0 bridgehead atoms. The fraction of sp³-hybridized carbons (Fsp3) is 0.462. The van der Waals surface area contributed by atoms with Crippen molar-refractivity contribution in [3.05, 3.63) is 24.3 Å². The average Bonchev–Trinajstić information content (AvgIpc) is 2.35. The van der Waals surface area contributed by atoms with Gasteiger partial charge in [-0.25, -0.2) is 9.52 Å². The van der Waals surface area contributed by atoms with Crippen LogP contribution in [0.25, 0.3) is 0 Å². The molecule has 7 nitrogen and oxygen atoms in total. The van der Waals surface area contributed by atoms with E-state index in [4.69, 9.17) is 10.5 Å². The van der Waals surface area contributed by atoms with Crippen molar-refractivity contribution in [1.82, 2.24) is 4.72 Å². The molecule has 1 aromatic rings. The molecule has 0 saturated heterocycles. The third-order valence-corrected chi connectivity index (χ3v) is 3.85. The highest BCUT2D eigenvalue weighted by atomic mass is 32.2. The van der Waals surface area contributed by atoms with Gasteiger partial charge in [0.25, 0.3) is 0 Å². The number of hydrogen-bond donors (Lipinski definition) is 2. The summed E-state index contributed by atoms with van der Waals surface area (Å²) >= 11 is 0. The number of benzene rings is 1. The predicted octanol–water partition coefficient (Wildman–Crippen LogP) is 1.86. The van der Waals surface area contributed by atoms with Crippen molar-refractivity contribution < 1.29 is 17.9 Å². The molecule has 0 aromatic heterocycles. The molecule has 1 rings (SSSR count). The molecular weight excluding hydrogens is 294 g/mol. The first-order chi connectivity index (χ1) is 9.76. The molecule has 3 N–H and O–H groups in total. The number of nitrogens with one attached hydrogen (secondary N) is 1. The number of amides is 1. The van der Waals surface area contributed by atoms with E-state index in [1.165, 1.54) is 0 Å². The summed E-state index contributed by atoms with van der Waals surface area (Å²) in [4.78, 5) is 11.5. The Balaban J connectivity index is 2.98. The Morgan fingerprint density at radius 1 is 1.33 bits per heavy atom. The van der Waals surface area contributed by atoms with Gasteiger partial charge < -0.3 is 10.5 Å². The Morgan fingerprint density at radius 2 is 1.90 bits per heavy atom. The van der Waals surface area contributed by atoms with E-state index in [9.17, 15) is 13.2 Å². The second kappa shape index (κ2) is 7.16. The van der Waals surface area contributed by atoms with Crippen LogP contribution in [0.5, 0.6) is 0 Å². The van der Waals surface area contributed by atoms with Crippen molar-refractivity contribution >= 4 is 27.7 Å². The van der Waals surface area contributed by atoms with E-state index in [-0.39, 0.29) is 6.54 Å². The van der Waals surface area contributed by atoms with E-state index in [1.807, 2.05) is 11.6 Å². The maximum Gasteiger partial charge on any atom is 0.422 e. The van der Waals surface area contributed by atoms with Crippen molar-refractivity contribution in [2.75, 3.05) is 16.6 Å². The SMILES string of the molecule is CCCN(c1ccc(N)cc1)S(=O)(=O)NC(=O)OC(C)C. The van der Waals surface area contributed by atoms with Crippen LogP contribution in [0.15, 0.2) is 24.3 Å². The highest BCUT2D eigenvalue weighted by molar-refractivity contribution is 7.91. The van der Waals surface area contributed by atoms with Gasteiger partial charge in [0.1, 0.15) is 0 Å². The summed E-state index contributed by atoms with van der Waals surface area (Å²) in [6.07, 6.45) is -0.817. The van der Waals surface area contributed by atoms with Gasteiger partial charge >= 0.3 is 16.3 Å². The number of carbonyl (C=O) groups is 1. The second-order valence-electron chi connectivity index (χ2n) is 4.72. The van der Waals surface area contributed by atoms with Crippen molar-refractivity contribution in [3.8, 4) is 0 Å². The highest BCUT2D eigenvalue weighted by Gasteiger charge is 2.25. The van der Waals surface area contributed by atoms with Gasteiger partial charge in [0.15, 0.2) is 0 Å². The molecule has 1 amide bonds. The first kappa shape index (κ1) is 17.1. The van der Waals surface area contributed by atoms with E-state index in [1.54, 1.807) is 38.1 Å². The van der Waals surface area contributed by atoms with Crippen LogP contribution in [0.4, 0.5) is 16.2 Å². The molecule has 118 valence electrons. The number of ether oxygens (including phenoxy) is 1. The molecule has 21 heavy (non-hydrogen) atoms. The minimum absolute atomic E-state index is 0.230. The van der Waals surface area contributed by atoms with Crippen molar-refractivity contribution in [1.29, 1.82) is 0 Å². The predicted molar refractivity (Wildman–Crippen MR) is 82.2 cm³/mol. The lowest BCUT2D eigenvalue weighted by atomic mass is 10.3. The lowest BCUT2D eigenvalue weighted by Crippen LogP contribution is -2.44. The summed E-state index contributed by atoms with van der Waals surface area (Å²) in [7, 11) is -4.03. The molecule has 0 heterocycles. The van der Waals surface area contributed by atoms with Crippen molar-refractivity contribution in [3.63, 3.8) is 0 Å². The smallest absolute Gasteiger partial charge is 0.422 e. The van der Waals surface area contributed by atoms with Gasteiger partial charge in [-0.15, -0.1) is 0 Å². The fourth-order valence-electron chi connectivity index (χ4n) is 1.63. The quantitative estimate of drug-likeness (QED) is 0.780. The van der Waals surface area contributed by atoms with Crippen LogP contribution in [0.2, 0.25) is 0 Å². The zero-order chi connectivity index (χ0) is 16.0. The monoisotopic (exact) mass is 315 g/mol. The van der Waals surface area contributed by atoms with Gasteiger partial charge in [-0.1, -0.05) is 6.92 Å².